The van der Waals surface area contributed by atoms with Crippen molar-refractivity contribution >= 4 is 0 Å². The Kier molecular flexibility index (Phi) is 0.749. The minimum Gasteiger partial charge on any atom is -0.479 e. The lowest BCUT2D eigenvalue weighted by atomic mass is 10.5. The van der Waals surface area contributed by atoms with Gasteiger partial charge in [-0.05, 0) is 6.92 Å². The van der Waals surface area contributed by atoms with Gasteiger partial charge < -0.3 is 9.52 Å². The van der Waals surface area contributed by atoms with Gasteiger partial charge in [0, 0.05) is 0 Å². The highest BCUT2D eigenvalue weighted by atomic mass is 16.5. The highest BCUT2D eigenvalue weighted by Gasteiger charge is 1.94. The summed E-state index contributed by atoms with van der Waals surface area (Å²) in [7, 11) is 0. The molecule has 7 heavy (non-hydrogen) atoms. The zero-order valence-electron chi connectivity index (χ0n) is 3.88. The van der Waals surface area contributed by atoms with Crippen LogP contribution in [0.1, 0.15) is 5.69 Å². The Hall–Kier alpha value is -0.990. The summed E-state index contributed by atoms with van der Waals surface area (Å²) in [4.78, 5) is 3.60. The molecule has 1 aromatic rings. The highest BCUT2D eigenvalue weighted by Crippen LogP contribution is 2.10. The van der Waals surface area contributed by atoms with E-state index in [4.69, 9.17) is 5.11 Å². The monoisotopic (exact) mass is 99.0 g/mol. The summed E-state index contributed by atoms with van der Waals surface area (Å²) in [6, 6.07) is 0. The number of aromatic nitrogens is 1. The molecule has 3 heteroatoms. The Morgan fingerprint density at radius 3 is 2.71 bits per heavy atom. The molecule has 0 saturated carbocycles. The Morgan fingerprint density at radius 2 is 2.57 bits per heavy atom. The summed E-state index contributed by atoms with van der Waals surface area (Å²) in [5, 5.41) is 8.53. The molecule has 0 bridgehead atoms. The molecule has 0 aromatic carbocycles. The number of aryl methyl sites for hydroxylation is 1. The SMILES string of the molecule is Cc1ncoc1O. The fourth-order valence-corrected chi connectivity index (χ4v) is 0.296. The van der Waals surface area contributed by atoms with Gasteiger partial charge in [-0.3, -0.25) is 0 Å². The van der Waals surface area contributed by atoms with E-state index in [1.807, 2.05) is 0 Å². The Bertz CT molecular complexity index is 142. The lowest BCUT2D eigenvalue weighted by Crippen LogP contribution is -1.64. The average molecular weight is 99.1 g/mol. The smallest absolute Gasteiger partial charge is 0.305 e. The molecular weight excluding hydrogens is 94.0 g/mol. The van der Waals surface area contributed by atoms with Crippen molar-refractivity contribution in [2.75, 3.05) is 0 Å². The van der Waals surface area contributed by atoms with Crippen LogP contribution >= 0.6 is 0 Å². The van der Waals surface area contributed by atoms with Crippen LogP contribution in [0.15, 0.2) is 10.8 Å². The summed E-state index contributed by atoms with van der Waals surface area (Å²) in [6.45, 7) is 1.67. The van der Waals surface area contributed by atoms with Gasteiger partial charge in [-0.25, -0.2) is 4.98 Å². The molecule has 38 valence electrons. The first-order valence-corrected chi connectivity index (χ1v) is 1.90. The van der Waals surface area contributed by atoms with Crippen LogP contribution in [0, 0.1) is 6.92 Å². The largest absolute Gasteiger partial charge is 0.479 e. The second-order valence-corrected chi connectivity index (χ2v) is 1.24. The molecule has 1 rings (SSSR count). The van der Waals surface area contributed by atoms with Crippen LogP contribution in [0.5, 0.6) is 5.95 Å². The number of hydrogen-bond acceptors (Lipinski definition) is 3. The predicted molar refractivity (Wildman–Crippen MR) is 22.9 cm³/mol. The second-order valence-electron chi connectivity index (χ2n) is 1.24. The first-order valence-electron chi connectivity index (χ1n) is 1.90. The minimum atomic E-state index is -0.0972. The molecule has 0 saturated heterocycles. The Morgan fingerprint density at radius 1 is 1.86 bits per heavy atom. The van der Waals surface area contributed by atoms with E-state index >= 15 is 0 Å². The number of aromatic hydroxyl groups is 1. The summed E-state index contributed by atoms with van der Waals surface area (Å²) in [5.41, 5.74) is 0.528. The van der Waals surface area contributed by atoms with Gasteiger partial charge in [-0.1, -0.05) is 0 Å². The maximum Gasteiger partial charge on any atom is 0.305 e. The normalized spacial score (nSPS) is 9.29. The van der Waals surface area contributed by atoms with Crippen LogP contribution < -0.4 is 0 Å². The number of oxazole rings is 1. The van der Waals surface area contributed by atoms with E-state index in [2.05, 4.69) is 9.40 Å². The van der Waals surface area contributed by atoms with Gasteiger partial charge in [0.15, 0.2) is 6.39 Å². The summed E-state index contributed by atoms with van der Waals surface area (Å²) < 4.78 is 4.41. The van der Waals surface area contributed by atoms with Gasteiger partial charge in [0.25, 0.3) is 0 Å². The number of hydrogen-bond donors (Lipinski definition) is 1. The van der Waals surface area contributed by atoms with Crippen molar-refractivity contribution in [1.82, 2.24) is 4.98 Å². The van der Waals surface area contributed by atoms with Gasteiger partial charge in [0.05, 0.1) is 0 Å². The van der Waals surface area contributed by atoms with E-state index in [-0.39, 0.29) is 5.95 Å². The molecule has 0 amide bonds. The van der Waals surface area contributed by atoms with E-state index in [1.54, 1.807) is 6.92 Å². The van der Waals surface area contributed by atoms with Crippen LogP contribution in [0.25, 0.3) is 0 Å². The van der Waals surface area contributed by atoms with Crippen LogP contribution in [0.2, 0.25) is 0 Å². The van der Waals surface area contributed by atoms with Gasteiger partial charge in [0.1, 0.15) is 5.69 Å². The third kappa shape index (κ3) is 0.559. The molecule has 0 spiro atoms. The summed E-state index contributed by atoms with van der Waals surface area (Å²) in [5.74, 6) is -0.0972. The van der Waals surface area contributed by atoms with Crippen LogP contribution in [-0.2, 0) is 0 Å². The summed E-state index contributed by atoms with van der Waals surface area (Å²) in [6.07, 6.45) is 1.20. The molecule has 0 fully saturated rings. The number of rotatable bonds is 0. The topological polar surface area (TPSA) is 46.3 Å². The van der Waals surface area contributed by atoms with E-state index in [1.165, 1.54) is 6.39 Å². The molecule has 0 unspecified atom stereocenters. The van der Waals surface area contributed by atoms with E-state index in [9.17, 15) is 0 Å². The van der Waals surface area contributed by atoms with Crippen molar-refractivity contribution in [1.29, 1.82) is 0 Å². The standard InChI is InChI=1S/C4H5NO2/c1-3-4(6)7-2-5-3/h2,6H,1H3. The molecule has 1 N–H and O–H groups in total. The van der Waals surface area contributed by atoms with Crippen molar-refractivity contribution in [2.45, 2.75) is 6.92 Å². The van der Waals surface area contributed by atoms with E-state index < -0.39 is 0 Å². The maximum absolute atomic E-state index is 8.53. The zero-order chi connectivity index (χ0) is 5.28. The molecular formula is C4H5NO2. The van der Waals surface area contributed by atoms with Gasteiger partial charge in [-0.2, -0.15) is 0 Å². The molecule has 0 aliphatic rings. The van der Waals surface area contributed by atoms with Crippen LogP contribution in [-0.4, -0.2) is 10.1 Å². The van der Waals surface area contributed by atoms with Crippen molar-refractivity contribution < 1.29 is 9.52 Å². The van der Waals surface area contributed by atoms with Gasteiger partial charge >= 0.3 is 5.95 Å². The molecule has 1 aromatic heterocycles. The third-order valence-electron chi connectivity index (χ3n) is 0.720. The fourth-order valence-electron chi connectivity index (χ4n) is 0.296. The quantitative estimate of drug-likeness (QED) is 0.520. The molecule has 0 atom stereocenters. The first-order chi connectivity index (χ1) is 3.30. The van der Waals surface area contributed by atoms with E-state index in [0.717, 1.165) is 0 Å². The number of nitrogens with zero attached hydrogens (tertiary/aromatic N) is 1. The van der Waals surface area contributed by atoms with Crippen LogP contribution in [0.3, 0.4) is 0 Å². The predicted octanol–water partition coefficient (Wildman–Crippen LogP) is 0.689. The van der Waals surface area contributed by atoms with E-state index in [0.29, 0.717) is 5.69 Å². The Balaban J connectivity index is 3.12. The van der Waals surface area contributed by atoms with Crippen molar-refractivity contribution in [3.05, 3.63) is 12.1 Å². The first kappa shape index (κ1) is 4.18. The highest BCUT2D eigenvalue weighted by molar-refractivity contribution is 5.07. The maximum atomic E-state index is 8.53. The summed E-state index contributed by atoms with van der Waals surface area (Å²) >= 11 is 0. The lowest BCUT2D eigenvalue weighted by molar-refractivity contribution is 0.329. The lowest BCUT2D eigenvalue weighted by Gasteiger charge is -1.75. The fraction of sp³-hybridized carbons (Fsp3) is 0.250. The van der Waals surface area contributed by atoms with Gasteiger partial charge in [0.2, 0.25) is 0 Å². The average Bonchev–Trinajstić information content (AvgIpc) is 1.91. The van der Waals surface area contributed by atoms with Crippen LogP contribution in [0.4, 0.5) is 0 Å². The zero-order valence-corrected chi connectivity index (χ0v) is 3.88. The minimum absolute atomic E-state index is 0.0972. The molecule has 3 nitrogen and oxygen atoms in total. The van der Waals surface area contributed by atoms with Gasteiger partial charge in [-0.15, -0.1) is 0 Å². The molecule has 0 radical (unpaired) electrons. The van der Waals surface area contributed by atoms with Crippen molar-refractivity contribution in [2.24, 2.45) is 0 Å². The third-order valence-corrected chi connectivity index (χ3v) is 0.720. The molecule has 0 aliphatic heterocycles. The molecule has 0 aliphatic carbocycles. The molecule has 1 heterocycles. The second kappa shape index (κ2) is 1.26. The Labute approximate surface area is 40.6 Å². The van der Waals surface area contributed by atoms with Crippen molar-refractivity contribution in [3.63, 3.8) is 0 Å². The van der Waals surface area contributed by atoms with Crippen molar-refractivity contribution in [3.8, 4) is 5.95 Å².